The van der Waals surface area contributed by atoms with Crippen LogP contribution < -0.4 is 0 Å². The molecular formula is C8H8Br2S. The molecule has 0 nitrogen and oxygen atoms in total. The van der Waals surface area contributed by atoms with Crippen LogP contribution in [0.15, 0.2) is 27.1 Å². The molecule has 0 aromatic heterocycles. The number of thioether (sulfide) groups is 1. The minimum absolute atomic E-state index is 1.08. The SMILES string of the molecule is CSCc1ccc(Br)c(Br)c1. The molecule has 0 bridgehead atoms. The number of hydrogen-bond acceptors (Lipinski definition) is 1. The second kappa shape index (κ2) is 4.53. The molecule has 3 heteroatoms. The molecule has 60 valence electrons. The summed E-state index contributed by atoms with van der Waals surface area (Å²) in [4.78, 5) is 0. The van der Waals surface area contributed by atoms with Crippen molar-refractivity contribution >= 4 is 43.6 Å². The number of benzene rings is 1. The molecule has 0 saturated carbocycles. The first kappa shape index (κ1) is 9.62. The van der Waals surface area contributed by atoms with Gasteiger partial charge in [-0.2, -0.15) is 11.8 Å². The lowest BCUT2D eigenvalue weighted by molar-refractivity contribution is 1.39. The normalized spacial score (nSPS) is 10.1. The van der Waals surface area contributed by atoms with Crippen molar-refractivity contribution in [3.8, 4) is 0 Å². The third-order valence-corrected chi connectivity index (χ3v) is 3.80. The van der Waals surface area contributed by atoms with E-state index in [2.05, 4.69) is 56.3 Å². The van der Waals surface area contributed by atoms with E-state index in [0.717, 1.165) is 14.7 Å². The fourth-order valence-electron chi connectivity index (χ4n) is 0.796. The van der Waals surface area contributed by atoms with Gasteiger partial charge in [0, 0.05) is 14.7 Å². The highest BCUT2D eigenvalue weighted by Gasteiger charge is 1.96. The van der Waals surface area contributed by atoms with Gasteiger partial charge in [-0.15, -0.1) is 0 Å². The van der Waals surface area contributed by atoms with Crippen LogP contribution in [0, 0.1) is 0 Å². The summed E-state index contributed by atoms with van der Waals surface area (Å²) in [5, 5.41) is 0. The number of hydrogen-bond donors (Lipinski definition) is 0. The number of halogens is 2. The molecule has 1 rings (SSSR count). The average Bonchev–Trinajstić information content (AvgIpc) is 1.98. The highest BCUT2D eigenvalue weighted by molar-refractivity contribution is 9.13. The maximum atomic E-state index is 3.46. The van der Waals surface area contributed by atoms with E-state index in [0.29, 0.717) is 0 Å². The van der Waals surface area contributed by atoms with Crippen LogP contribution in [0.3, 0.4) is 0 Å². The van der Waals surface area contributed by atoms with Crippen molar-refractivity contribution in [1.29, 1.82) is 0 Å². The molecule has 0 aliphatic carbocycles. The first-order valence-corrected chi connectivity index (χ1v) is 6.15. The van der Waals surface area contributed by atoms with Gasteiger partial charge in [0.25, 0.3) is 0 Å². The Kier molecular flexibility index (Phi) is 3.96. The minimum Gasteiger partial charge on any atom is -0.161 e. The van der Waals surface area contributed by atoms with Gasteiger partial charge in [-0.3, -0.25) is 0 Å². The van der Waals surface area contributed by atoms with Gasteiger partial charge in [0.2, 0.25) is 0 Å². The Morgan fingerprint density at radius 3 is 2.55 bits per heavy atom. The van der Waals surface area contributed by atoms with Gasteiger partial charge < -0.3 is 0 Å². The summed E-state index contributed by atoms with van der Waals surface area (Å²) in [7, 11) is 0. The lowest BCUT2D eigenvalue weighted by atomic mass is 10.2. The smallest absolute Gasteiger partial charge is 0.0320 e. The maximum Gasteiger partial charge on any atom is 0.0320 e. The quantitative estimate of drug-likeness (QED) is 0.792. The second-order valence-electron chi connectivity index (χ2n) is 2.18. The molecule has 11 heavy (non-hydrogen) atoms. The Balaban J connectivity index is 2.86. The Hall–Kier alpha value is 0.530. The molecule has 0 amide bonds. The molecule has 0 fully saturated rings. The van der Waals surface area contributed by atoms with E-state index in [1.165, 1.54) is 5.56 Å². The van der Waals surface area contributed by atoms with Crippen molar-refractivity contribution in [3.05, 3.63) is 32.7 Å². The van der Waals surface area contributed by atoms with E-state index < -0.39 is 0 Å². The molecule has 0 saturated heterocycles. The molecule has 0 atom stereocenters. The molecule has 1 aromatic carbocycles. The largest absolute Gasteiger partial charge is 0.161 e. The molecule has 0 aliphatic rings. The van der Waals surface area contributed by atoms with Crippen LogP contribution in [0.1, 0.15) is 5.56 Å². The zero-order valence-electron chi connectivity index (χ0n) is 6.10. The van der Waals surface area contributed by atoms with Crippen molar-refractivity contribution in [2.75, 3.05) is 6.26 Å². The van der Waals surface area contributed by atoms with Gasteiger partial charge in [0.05, 0.1) is 0 Å². The zero-order valence-corrected chi connectivity index (χ0v) is 10.1. The van der Waals surface area contributed by atoms with Gasteiger partial charge in [-0.25, -0.2) is 0 Å². The molecule has 1 aromatic rings. The number of rotatable bonds is 2. The molecule has 0 unspecified atom stereocenters. The monoisotopic (exact) mass is 294 g/mol. The van der Waals surface area contributed by atoms with Crippen LogP contribution in [-0.2, 0) is 5.75 Å². The summed E-state index contributed by atoms with van der Waals surface area (Å²) >= 11 is 8.72. The topological polar surface area (TPSA) is 0 Å². The summed E-state index contributed by atoms with van der Waals surface area (Å²) in [6.45, 7) is 0. The van der Waals surface area contributed by atoms with Crippen LogP contribution in [-0.4, -0.2) is 6.26 Å². The third-order valence-electron chi connectivity index (χ3n) is 1.30. The Morgan fingerprint density at radius 2 is 2.00 bits per heavy atom. The molecule has 0 heterocycles. The van der Waals surface area contributed by atoms with E-state index in [1.807, 2.05) is 11.8 Å². The zero-order chi connectivity index (χ0) is 8.27. The van der Waals surface area contributed by atoms with Crippen molar-refractivity contribution in [1.82, 2.24) is 0 Å². The first-order chi connectivity index (χ1) is 5.24. The molecule has 0 aliphatic heterocycles. The van der Waals surface area contributed by atoms with E-state index in [9.17, 15) is 0 Å². The van der Waals surface area contributed by atoms with E-state index in [4.69, 9.17) is 0 Å². The minimum atomic E-state index is 1.08. The van der Waals surface area contributed by atoms with Crippen molar-refractivity contribution in [2.45, 2.75) is 5.75 Å². The lowest BCUT2D eigenvalue weighted by Crippen LogP contribution is -1.79. The summed E-state index contributed by atoms with van der Waals surface area (Å²) < 4.78 is 2.24. The maximum absolute atomic E-state index is 3.46. The first-order valence-electron chi connectivity index (χ1n) is 3.17. The van der Waals surface area contributed by atoms with Crippen molar-refractivity contribution in [2.24, 2.45) is 0 Å². The van der Waals surface area contributed by atoms with E-state index in [1.54, 1.807) is 0 Å². The van der Waals surface area contributed by atoms with Gasteiger partial charge in [0.15, 0.2) is 0 Å². The molecule has 0 spiro atoms. The lowest BCUT2D eigenvalue weighted by Gasteiger charge is -2.00. The van der Waals surface area contributed by atoms with Crippen LogP contribution in [0.2, 0.25) is 0 Å². The van der Waals surface area contributed by atoms with Crippen molar-refractivity contribution in [3.63, 3.8) is 0 Å². The predicted octanol–water partition coefficient (Wildman–Crippen LogP) is 4.07. The fourth-order valence-corrected chi connectivity index (χ4v) is 1.98. The third kappa shape index (κ3) is 2.80. The highest BCUT2D eigenvalue weighted by atomic mass is 79.9. The summed E-state index contributed by atoms with van der Waals surface area (Å²) in [5.41, 5.74) is 1.35. The molecule has 0 radical (unpaired) electrons. The Bertz CT molecular complexity index is 248. The fraction of sp³-hybridized carbons (Fsp3) is 0.250. The van der Waals surface area contributed by atoms with Crippen LogP contribution in [0.5, 0.6) is 0 Å². The Labute approximate surface area is 88.0 Å². The molecule has 0 N–H and O–H groups in total. The Morgan fingerprint density at radius 1 is 1.27 bits per heavy atom. The predicted molar refractivity (Wildman–Crippen MR) is 59.1 cm³/mol. The van der Waals surface area contributed by atoms with Gasteiger partial charge >= 0.3 is 0 Å². The van der Waals surface area contributed by atoms with E-state index >= 15 is 0 Å². The summed E-state index contributed by atoms with van der Waals surface area (Å²) in [5.74, 6) is 1.08. The van der Waals surface area contributed by atoms with Crippen LogP contribution in [0.25, 0.3) is 0 Å². The summed E-state index contributed by atoms with van der Waals surface area (Å²) in [6, 6.07) is 6.33. The van der Waals surface area contributed by atoms with Crippen LogP contribution >= 0.6 is 43.6 Å². The van der Waals surface area contributed by atoms with Crippen LogP contribution in [0.4, 0.5) is 0 Å². The van der Waals surface area contributed by atoms with Crippen molar-refractivity contribution < 1.29 is 0 Å². The summed E-state index contributed by atoms with van der Waals surface area (Å²) in [6.07, 6.45) is 2.11. The average molecular weight is 296 g/mol. The van der Waals surface area contributed by atoms with Gasteiger partial charge in [0.1, 0.15) is 0 Å². The second-order valence-corrected chi connectivity index (χ2v) is 4.76. The van der Waals surface area contributed by atoms with E-state index in [-0.39, 0.29) is 0 Å². The standard InChI is InChI=1S/C8H8Br2S/c1-11-5-6-2-3-7(9)8(10)4-6/h2-4H,5H2,1H3. The highest BCUT2D eigenvalue weighted by Crippen LogP contribution is 2.24. The van der Waals surface area contributed by atoms with Gasteiger partial charge in [-0.05, 0) is 55.8 Å². The molecular weight excluding hydrogens is 288 g/mol. The van der Waals surface area contributed by atoms with Gasteiger partial charge in [-0.1, -0.05) is 6.07 Å².